The Kier molecular flexibility index (Phi) is 5.32. The topological polar surface area (TPSA) is 57.7 Å². The molecule has 2 aromatic rings. The molecular weight excluding hydrogens is 348 g/mol. The average molecular weight is 372 g/mol. The molecule has 3 rings (SSSR count). The Labute approximate surface area is 155 Å². The van der Waals surface area contributed by atoms with Gasteiger partial charge in [0.25, 0.3) is 0 Å². The third kappa shape index (κ3) is 4.25. The number of benzene rings is 2. The summed E-state index contributed by atoms with van der Waals surface area (Å²) in [6.07, 6.45) is 2.19. The summed E-state index contributed by atoms with van der Waals surface area (Å²) in [6.45, 7) is 3.34. The van der Waals surface area contributed by atoms with Crippen LogP contribution in [0.1, 0.15) is 23.1 Å². The minimum absolute atomic E-state index is 0.0131. The summed E-state index contributed by atoms with van der Waals surface area (Å²) in [4.78, 5) is 14.5. The SMILES string of the molecule is Cc1cccc(N(CCC(=O)N2CCc3ccccc3C2)S(C)(=O)=O)c1. The van der Waals surface area contributed by atoms with Gasteiger partial charge in [-0.3, -0.25) is 9.10 Å². The largest absolute Gasteiger partial charge is 0.338 e. The van der Waals surface area contributed by atoms with Gasteiger partial charge in [-0.1, -0.05) is 36.4 Å². The zero-order valence-corrected chi connectivity index (χ0v) is 16.0. The summed E-state index contributed by atoms with van der Waals surface area (Å²) in [5.41, 5.74) is 4.04. The number of rotatable bonds is 5. The van der Waals surface area contributed by atoms with Crippen molar-refractivity contribution in [1.29, 1.82) is 0 Å². The van der Waals surface area contributed by atoms with Crippen LogP contribution < -0.4 is 4.31 Å². The van der Waals surface area contributed by atoms with E-state index in [9.17, 15) is 13.2 Å². The third-order valence-corrected chi connectivity index (χ3v) is 5.90. The molecule has 138 valence electrons. The molecule has 0 N–H and O–H groups in total. The van der Waals surface area contributed by atoms with Gasteiger partial charge in [0.1, 0.15) is 0 Å². The van der Waals surface area contributed by atoms with E-state index in [4.69, 9.17) is 0 Å². The van der Waals surface area contributed by atoms with Crippen molar-refractivity contribution in [3.63, 3.8) is 0 Å². The Morgan fingerprint density at radius 1 is 1.12 bits per heavy atom. The molecule has 0 spiro atoms. The second kappa shape index (κ2) is 7.50. The number of carbonyl (C=O) groups excluding carboxylic acids is 1. The summed E-state index contributed by atoms with van der Waals surface area (Å²) < 4.78 is 25.7. The maximum atomic E-state index is 12.6. The lowest BCUT2D eigenvalue weighted by Gasteiger charge is -2.30. The number of hydrogen-bond donors (Lipinski definition) is 0. The lowest BCUT2D eigenvalue weighted by atomic mass is 10.00. The number of carbonyl (C=O) groups is 1. The molecule has 0 fully saturated rings. The molecule has 5 nitrogen and oxygen atoms in total. The molecule has 0 bridgehead atoms. The smallest absolute Gasteiger partial charge is 0.232 e. The number of sulfonamides is 1. The number of fused-ring (bicyclic) bond motifs is 1. The van der Waals surface area contributed by atoms with Gasteiger partial charge in [-0.05, 0) is 42.2 Å². The molecule has 0 aliphatic carbocycles. The summed E-state index contributed by atoms with van der Waals surface area (Å²) in [5.74, 6) is -0.0131. The van der Waals surface area contributed by atoms with Crippen LogP contribution in [0.3, 0.4) is 0 Å². The van der Waals surface area contributed by atoms with Crippen molar-refractivity contribution < 1.29 is 13.2 Å². The van der Waals surface area contributed by atoms with Crippen LogP contribution in [-0.4, -0.2) is 38.6 Å². The first kappa shape index (κ1) is 18.5. The predicted molar refractivity (Wildman–Crippen MR) is 104 cm³/mol. The van der Waals surface area contributed by atoms with E-state index in [1.165, 1.54) is 21.7 Å². The Morgan fingerprint density at radius 2 is 1.85 bits per heavy atom. The van der Waals surface area contributed by atoms with Gasteiger partial charge in [0.15, 0.2) is 0 Å². The van der Waals surface area contributed by atoms with E-state index in [-0.39, 0.29) is 18.9 Å². The van der Waals surface area contributed by atoms with E-state index >= 15 is 0 Å². The summed E-state index contributed by atoms with van der Waals surface area (Å²) >= 11 is 0. The van der Waals surface area contributed by atoms with E-state index in [0.29, 0.717) is 18.8 Å². The van der Waals surface area contributed by atoms with Crippen LogP contribution in [0, 0.1) is 6.92 Å². The normalized spacial score (nSPS) is 14.0. The van der Waals surface area contributed by atoms with Crippen LogP contribution in [-0.2, 0) is 27.8 Å². The zero-order chi connectivity index (χ0) is 18.7. The molecule has 1 heterocycles. The Morgan fingerprint density at radius 3 is 2.54 bits per heavy atom. The van der Waals surface area contributed by atoms with E-state index in [1.54, 1.807) is 6.07 Å². The molecule has 0 radical (unpaired) electrons. The van der Waals surface area contributed by atoms with Gasteiger partial charge in [-0.25, -0.2) is 8.42 Å². The fraction of sp³-hybridized carbons (Fsp3) is 0.350. The molecule has 1 aliphatic heterocycles. The number of aryl methyl sites for hydroxylation is 1. The van der Waals surface area contributed by atoms with Crippen LogP contribution in [0.4, 0.5) is 5.69 Å². The Hall–Kier alpha value is -2.34. The van der Waals surface area contributed by atoms with E-state index in [1.807, 2.05) is 48.2 Å². The maximum absolute atomic E-state index is 12.6. The minimum Gasteiger partial charge on any atom is -0.338 e. The first-order valence-electron chi connectivity index (χ1n) is 8.73. The Balaban J connectivity index is 1.69. The lowest BCUT2D eigenvalue weighted by molar-refractivity contribution is -0.131. The Bertz CT molecular complexity index is 909. The molecule has 0 saturated carbocycles. The van der Waals surface area contributed by atoms with Gasteiger partial charge in [0.2, 0.25) is 15.9 Å². The molecule has 0 atom stereocenters. The van der Waals surface area contributed by atoms with Crippen LogP contribution in [0.2, 0.25) is 0 Å². The summed E-state index contributed by atoms with van der Waals surface area (Å²) in [5, 5.41) is 0. The van der Waals surface area contributed by atoms with Crippen molar-refractivity contribution in [2.24, 2.45) is 0 Å². The van der Waals surface area contributed by atoms with Crippen molar-refractivity contribution >= 4 is 21.6 Å². The van der Waals surface area contributed by atoms with Crippen molar-refractivity contribution in [3.05, 3.63) is 65.2 Å². The number of hydrogen-bond acceptors (Lipinski definition) is 3. The first-order valence-corrected chi connectivity index (χ1v) is 10.6. The molecule has 0 unspecified atom stereocenters. The number of amides is 1. The molecule has 26 heavy (non-hydrogen) atoms. The molecule has 6 heteroatoms. The molecule has 0 aromatic heterocycles. The summed E-state index contributed by atoms with van der Waals surface area (Å²) in [7, 11) is -3.45. The lowest BCUT2D eigenvalue weighted by Crippen LogP contribution is -2.39. The van der Waals surface area contributed by atoms with Gasteiger partial charge >= 0.3 is 0 Å². The van der Waals surface area contributed by atoms with E-state index in [0.717, 1.165) is 12.0 Å². The van der Waals surface area contributed by atoms with Crippen LogP contribution >= 0.6 is 0 Å². The second-order valence-corrected chi connectivity index (χ2v) is 8.66. The van der Waals surface area contributed by atoms with Crippen molar-refractivity contribution in [3.8, 4) is 0 Å². The maximum Gasteiger partial charge on any atom is 0.232 e. The molecular formula is C20H24N2O3S. The molecule has 0 saturated heterocycles. The first-order chi connectivity index (χ1) is 12.3. The highest BCUT2D eigenvalue weighted by Gasteiger charge is 2.23. The van der Waals surface area contributed by atoms with Gasteiger partial charge in [0, 0.05) is 26.1 Å². The standard InChI is InChI=1S/C20H24N2O3S/c1-16-6-5-9-19(14-16)22(26(2,24)25)13-11-20(23)21-12-10-17-7-3-4-8-18(17)15-21/h3-9,14H,10-13,15H2,1-2H3. The van der Waals surface area contributed by atoms with Crippen molar-refractivity contribution in [2.75, 3.05) is 23.7 Å². The quantitative estimate of drug-likeness (QED) is 0.811. The highest BCUT2D eigenvalue weighted by molar-refractivity contribution is 7.92. The number of anilines is 1. The van der Waals surface area contributed by atoms with Crippen molar-refractivity contribution in [2.45, 2.75) is 26.3 Å². The van der Waals surface area contributed by atoms with Crippen LogP contribution in [0.25, 0.3) is 0 Å². The number of nitrogens with zero attached hydrogens (tertiary/aromatic N) is 2. The zero-order valence-electron chi connectivity index (χ0n) is 15.2. The molecule has 1 amide bonds. The highest BCUT2D eigenvalue weighted by atomic mass is 32.2. The third-order valence-electron chi connectivity index (χ3n) is 4.70. The summed E-state index contributed by atoms with van der Waals surface area (Å²) in [6, 6.07) is 15.5. The second-order valence-electron chi connectivity index (χ2n) is 6.76. The molecule has 2 aromatic carbocycles. The van der Waals surface area contributed by atoms with Gasteiger partial charge < -0.3 is 4.90 Å². The van der Waals surface area contributed by atoms with E-state index in [2.05, 4.69) is 6.07 Å². The van der Waals surface area contributed by atoms with Gasteiger partial charge in [-0.15, -0.1) is 0 Å². The van der Waals surface area contributed by atoms with Crippen LogP contribution in [0.5, 0.6) is 0 Å². The highest BCUT2D eigenvalue weighted by Crippen LogP contribution is 2.21. The minimum atomic E-state index is -3.45. The molecule has 1 aliphatic rings. The van der Waals surface area contributed by atoms with Gasteiger partial charge in [0.05, 0.1) is 11.9 Å². The monoisotopic (exact) mass is 372 g/mol. The van der Waals surface area contributed by atoms with Crippen LogP contribution in [0.15, 0.2) is 48.5 Å². The predicted octanol–water partition coefficient (Wildman–Crippen LogP) is 2.74. The fourth-order valence-corrected chi connectivity index (χ4v) is 4.25. The van der Waals surface area contributed by atoms with Gasteiger partial charge in [-0.2, -0.15) is 0 Å². The van der Waals surface area contributed by atoms with Crippen molar-refractivity contribution in [1.82, 2.24) is 4.90 Å². The average Bonchev–Trinajstić information content (AvgIpc) is 2.60. The fourth-order valence-electron chi connectivity index (χ4n) is 3.33. The van der Waals surface area contributed by atoms with E-state index < -0.39 is 10.0 Å².